The summed E-state index contributed by atoms with van der Waals surface area (Å²) in [5.74, 6) is 1.48. The lowest BCUT2D eigenvalue weighted by atomic mass is 10.1. The Balaban J connectivity index is 1.78. The van der Waals surface area contributed by atoms with Gasteiger partial charge in [-0.05, 0) is 51.4 Å². The zero-order chi connectivity index (χ0) is 10.1. The van der Waals surface area contributed by atoms with Gasteiger partial charge in [0.1, 0.15) is 0 Å². The molecule has 0 saturated heterocycles. The average molecular weight is 197 g/mol. The van der Waals surface area contributed by atoms with Gasteiger partial charge in [-0.2, -0.15) is 0 Å². The first-order valence-electron chi connectivity index (χ1n) is 5.64. The molecule has 0 aromatic rings. The van der Waals surface area contributed by atoms with Crippen molar-refractivity contribution in [2.45, 2.75) is 51.7 Å². The summed E-state index contributed by atoms with van der Waals surface area (Å²) in [4.78, 5) is 11.4. The molecule has 0 aromatic carbocycles. The van der Waals surface area contributed by atoms with Gasteiger partial charge in [-0.15, -0.1) is 0 Å². The maximum absolute atomic E-state index is 11.4. The number of rotatable bonds is 4. The molecule has 2 aliphatic rings. The highest BCUT2D eigenvalue weighted by molar-refractivity contribution is 5.68. The van der Waals surface area contributed by atoms with Gasteiger partial charge in [-0.1, -0.05) is 0 Å². The standard InChI is InChI=1S/C11H19NO2/c1-7(2)14-11(13)12-10(8-3-4-8)9-5-6-9/h7-10H,3-6H2,1-2H3,(H,12,13). The molecular weight excluding hydrogens is 178 g/mol. The number of amides is 1. The summed E-state index contributed by atoms with van der Waals surface area (Å²) in [6.07, 6.45) is 4.87. The van der Waals surface area contributed by atoms with Crippen molar-refractivity contribution in [2.24, 2.45) is 11.8 Å². The van der Waals surface area contributed by atoms with Gasteiger partial charge in [-0.3, -0.25) is 0 Å². The summed E-state index contributed by atoms with van der Waals surface area (Å²) in [7, 11) is 0. The third-order valence-electron chi connectivity index (χ3n) is 2.89. The van der Waals surface area contributed by atoms with Crippen molar-refractivity contribution < 1.29 is 9.53 Å². The van der Waals surface area contributed by atoms with E-state index in [1.54, 1.807) is 0 Å². The van der Waals surface area contributed by atoms with Crippen LogP contribution in [-0.4, -0.2) is 18.2 Å². The van der Waals surface area contributed by atoms with Gasteiger partial charge in [0.05, 0.1) is 6.10 Å². The predicted molar refractivity (Wildman–Crippen MR) is 54.0 cm³/mol. The second-order valence-electron chi connectivity index (χ2n) is 4.80. The molecule has 3 heteroatoms. The SMILES string of the molecule is CC(C)OC(=O)NC(C1CC1)C1CC1. The molecule has 0 bridgehead atoms. The first kappa shape index (κ1) is 9.81. The molecule has 2 aliphatic carbocycles. The van der Waals surface area contributed by atoms with Crippen molar-refractivity contribution in [3.05, 3.63) is 0 Å². The summed E-state index contributed by atoms with van der Waals surface area (Å²) < 4.78 is 5.09. The van der Waals surface area contributed by atoms with E-state index in [4.69, 9.17) is 4.74 Å². The largest absolute Gasteiger partial charge is 0.447 e. The van der Waals surface area contributed by atoms with Crippen LogP contribution in [0.4, 0.5) is 4.79 Å². The van der Waals surface area contributed by atoms with Crippen LogP contribution in [0, 0.1) is 11.8 Å². The number of alkyl carbamates (subject to hydrolysis) is 1. The average Bonchev–Trinajstić information content (AvgIpc) is 2.94. The molecular formula is C11H19NO2. The predicted octanol–water partition coefficient (Wildman–Crippen LogP) is 2.31. The molecule has 0 aliphatic heterocycles. The molecule has 2 fully saturated rings. The number of carbonyl (C=O) groups is 1. The van der Waals surface area contributed by atoms with E-state index < -0.39 is 0 Å². The summed E-state index contributed by atoms with van der Waals surface area (Å²) >= 11 is 0. The Labute approximate surface area is 85.2 Å². The van der Waals surface area contributed by atoms with Crippen LogP contribution in [0.1, 0.15) is 39.5 Å². The van der Waals surface area contributed by atoms with Crippen LogP contribution in [0.5, 0.6) is 0 Å². The minimum atomic E-state index is -0.233. The van der Waals surface area contributed by atoms with Crippen molar-refractivity contribution in [3.8, 4) is 0 Å². The smallest absolute Gasteiger partial charge is 0.407 e. The molecule has 0 unspecified atom stereocenters. The maximum atomic E-state index is 11.4. The van der Waals surface area contributed by atoms with Gasteiger partial charge in [0.25, 0.3) is 0 Å². The molecule has 0 heterocycles. The Morgan fingerprint density at radius 3 is 2.07 bits per heavy atom. The minimum Gasteiger partial charge on any atom is -0.447 e. The van der Waals surface area contributed by atoms with E-state index in [9.17, 15) is 4.79 Å². The lowest BCUT2D eigenvalue weighted by Crippen LogP contribution is -2.39. The summed E-state index contributed by atoms with van der Waals surface area (Å²) in [6, 6.07) is 0.404. The van der Waals surface area contributed by atoms with E-state index in [0.29, 0.717) is 6.04 Å². The zero-order valence-electron chi connectivity index (χ0n) is 8.95. The Kier molecular flexibility index (Phi) is 2.66. The Morgan fingerprint density at radius 2 is 1.71 bits per heavy atom. The molecule has 2 rings (SSSR count). The molecule has 14 heavy (non-hydrogen) atoms. The van der Waals surface area contributed by atoms with Crippen molar-refractivity contribution >= 4 is 6.09 Å². The second kappa shape index (κ2) is 3.79. The fraction of sp³-hybridized carbons (Fsp3) is 0.909. The van der Waals surface area contributed by atoms with E-state index in [1.165, 1.54) is 25.7 Å². The van der Waals surface area contributed by atoms with Gasteiger partial charge in [-0.25, -0.2) is 4.79 Å². The highest BCUT2D eigenvalue weighted by atomic mass is 16.6. The van der Waals surface area contributed by atoms with Crippen LogP contribution < -0.4 is 5.32 Å². The first-order valence-corrected chi connectivity index (χ1v) is 5.64. The number of carbonyl (C=O) groups excluding carboxylic acids is 1. The monoisotopic (exact) mass is 197 g/mol. The van der Waals surface area contributed by atoms with Crippen LogP contribution in [-0.2, 0) is 4.74 Å². The van der Waals surface area contributed by atoms with Crippen LogP contribution >= 0.6 is 0 Å². The van der Waals surface area contributed by atoms with Gasteiger partial charge in [0.15, 0.2) is 0 Å². The Hall–Kier alpha value is -0.730. The zero-order valence-corrected chi connectivity index (χ0v) is 8.95. The highest BCUT2D eigenvalue weighted by Gasteiger charge is 2.42. The van der Waals surface area contributed by atoms with Gasteiger partial charge in [0.2, 0.25) is 0 Å². The molecule has 0 aromatic heterocycles. The Morgan fingerprint density at radius 1 is 1.21 bits per heavy atom. The second-order valence-corrected chi connectivity index (χ2v) is 4.80. The summed E-state index contributed by atoms with van der Waals surface area (Å²) in [6.45, 7) is 3.76. The van der Waals surface area contributed by atoms with E-state index >= 15 is 0 Å². The van der Waals surface area contributed by atoms with Crippen molar-refractivity contribution in [1.82, 2.24) is 5.32 Å². The van der Waals surface area contributed by atoms with Crippen LogP contribution in [0.2, 0.25) is 0 Å². The maximum Gasteiger partial charge on any atom is 0.407 e. The fourth-order valence-electron chi connectivity index (χ4n) is 1.92. The first-order chi connectivity index (χ1) is 6.66. The molecule has 0 spiro atoms. The van der Waals surface area contributed by atoms with Crippen LogP contribution in [0.25, 0.3) is 0 Å². The van der Waals surface area contributed by atoms with Crippen LogP contribution in [0.15, 0.2) is 0 Å². The van der Waals surface area contributed by atoms with E-state index in [1.807, 2.05) is 13.8 Å². The molecule has 1 amide bonds. The number of ether oxygens (including phenoxy) is 1. The third-order valence-corrected chi connectivity index (χ3v) is 2.89. The third kappa shape index (κ3) is 2.63. The van der Waals surface area contributed by atoms with Gasteiger partial charge < -0.3 is 10.1 Å². The minimum absolute atomic E-state index is 0.0194. The van der Waals surface area contributed by atoms with Crippen molar-refractivity contribution in [2.75, 3.05) is 0 Å². The summed E-state index contributed by atoms with van der Waals surface area (Å²) in [5, 5.41) is 3.01. The quantitative estimate of drug-likeness (QED) is 0.751. The van der Waals surface area contributed by atoms with Crippen molar-refractivity contribution in [1.29, 1.82) is 0 Å². The number of nitrogens with one attached hydrogen (secondary N) is 1. The molecule has 0 atom stereocenters. The van der Waals surface area contributed by atoms with E-state index in [2.05, 4.69) is 5.32 Å². The molecule has 80 valence electrons. The summed E-state index contributed by atoms with van der Waals surface area (Å²) in [5.41, 5.74) is 0. The van der Waals surface area contributed by atoms with E-state index in [0.717, 1.165) is 11.8 Å². The molecule has 3 nitrogen and oxygen atoms in total. The molecule has 2 saturated carbocycles. The van der Waals surface area contributed by atoms with Crippen molar-refractivity contribution in [3.63, 3.8) is 0 Å². The van der Waals surface area contributed by atoms with Gasteiger partial charge >= 0.3 is 6.09 Å². The lowest BCUT2D eigenvalue weighted by Gasteiger charge is -2.18. The molecule has 0 radical (unpaired) electrons. The number of hydrogen-bond acceptors (Lipinski definition) is 2. The normalized spacial score (nSPS) is 21.4. The highest BCUT2D eigenvalue weighted by Crippen LogP contribution is 2.44. The lowest BCUT2D eigenvalue weighted by molar-refractivity contribution is 0.110. The van der Waals surface area contributed by atoms with E-state index in [-0.39, 0.29) is 12.2 Å². The molecule has 1 N–H and O–H groups in total. The fourth-order valence-corrected chi connectivity index (χ4v) is 1.92. The Bertz CT molecular complexity index is 207. The topological polar surface area (TPSA) is 38.3 Å². The van der Waals surface area contributed by atoms with Gasteiger partial charge in [0, 0.05) is 6.04 Å². The number of hydrogen-bond donors (Lipinski definition) is 1. The van der Waals surface area contributed by atoms with Crippen LogP contribution in [0.3, 0.4) is 0 Å².